The molecule has 1 fully saturated rings. The van der Waals surface area contributed by atoms with Gasteiger partial charge in [-0.1, -0.05) is 34.1 Å². The van der Waals surface area contributed by atoms with Crippen molar-refractivity contribution in [1.82, 2.24) is 4.90 Å². The van der Waals surface area contributed by atoms with Crippen LogP contribution in [-0.2, 0) is 15.2 Å². The molecule has 1 saturated heterocycles. The number of rotatable bonds is 1. The van der Waals surface area contributed by atoms with E-state index in [9.17, 15) is 4.39 Å². The zero-order chi connectivity index (χ0) is 16.7. The lowest BCUT2D eigenvalue weighted by molar-refractivity contribution is -0.0484. The fraction of sp³-hybridized carbons (Fsp3) is 0.278. The maximum Gasteiger partial charge on any atom is 0.202 e. The second-order valence-electron chi connectivity index (χ2n) is 5.77. The first-order valence-corrected chi connectivity index (χ1v) is 8.50. The van der Waals surface area contributed by atoms with Gasteiger partial charge in [-0.25, -0.2) is 9.38 Å². The minimum Gasteiger partial charge on any atom is -0.483 e. The van der Waals surface area contributed by atoms with Gasteiger partial charge in [0.15, 0.2) is 5.72 Å². The van der Waals surface area contributed by atoms with Crippen molar-refractivity contribution in [1.29, 1.82) is 0 Å². The van der Waals surface area contributed by atoms with Crippen LogP contribution in [0.5, 0.6) is 0 Å². The minimum absolute atomic E-state index is 0.295. The van der Waals surface area contributed by atoms with Gasteiger partial charge in [-0.3, -0.25) is 4.90 Å². The Hall–Kier alpha value is -1.76. The van der Waals surface area contributed by atoms with E-state index < -0.39 is 5.72 Å². The lowest BCUT2D eigenvalue weighted by Gasteiger charge is -2.37. The average molecular weight is 391 g/mol. The first kappa shape index (κ1) is 15.7. The molecule has 2 aliphatic heterocycles. The van der Waals surface area contributed by atoms with Crippen molar-refractivity contribution in [3.8, 4) is 0 Å². The number of aliphatic imine (C=N–C) groups is 1. The summed E-state index contributed by atoms with van der Waals surface area (Å²) in [5, 5.41) is 0. The molecule has 0 aliphatic carbocycles. The molecule has 2 heterocycles. The van der Waals surface area contributed by atoms with E-state index in [1.165, 1.54) is 6.07 Å². The summed E-state index contributed by atoms with van der Waals surface area (Å²) in [6, 6.07) is 12.5. The second kappa shape index (κ2) is 5.95. The van der Waals surface area contributed by atoms with Gasteiger partial charge < -0.3 is 9.47 Å². The molecule has 0 aromatic heterocycles. The molecule has 0 bridgehead atoms. The topological polar surface area (TPSA) is 34.1 Å². The molecule has 24 heavy (non-hydrogen) atoms. The quantitative estimate of drug-likeness (QED) is 0.742. The Bertz CT molecular complexity index is 826. The maximum absolute atomic E-state index is 14.7. The van der Waals surface area contributed by atoms with Crippen LogP contribution in [0.4, 0.5) is 10.1 Å². The van der Waals surface area contributed by atoms with Gasteiger partial charge in [-0.05, 0) is 24.3 Å². The van der Waals surface area contributed by atoms with Crippen LogP contribution in [0.2, 0.25) is 0 Å². The Morgan fingerprint density at radius 1 is 1.25 bits per heavy atom. The van der Waals surface area contributed by atoms with Gasteiger partial charge in [0.25, 0.3) is 0 Å². The summed E-state index contributed by atoms with van der Waals surface area (Å²) in [5.41, 5.74) is 1.03. The molecule has 0 amide bonds. The lowest BCUT2D eigenvalue weighted by Crippen LogP contribution is -2.45. The normalized spacial score (nSPS) is 23.2. The number of methoxy groups -OCH3 is 1. The highest BCUT2D eigenvalue weighted by Crippen LogP contribution is 2.47. The molecular formula is C18H16BrFN2O2. The molecule has 0 spiro atoms. The van der Waals surface area contributed by atoms with E-state index in [4.69, 9.17) is 9.47 Å². The van der Waals surface area contributed by atoms with Gasteiger partial charge >= 0.3 is 0 Å². The molecule has 0 radical (unpaired) electrons. The molecular weight excluding hydrogens is 375 g/mol. The third-order valence-corrected chi connectivity index (χ3v) is 4.98. The van der Waals surface area contributed by atoms with E-state index in [1.807, 2.05) is 24.3 Å². The van der Waals surface area contributed by atoms with Crippen molar-refractivity contribution in [2.75, 3.05) is 26.8 Å². The summed E-state index contributed by atoms with van der Waals surface area (Å²) in [6.07, 6.45) is 0. The maximum atomic E-state index is 14.7. The molecule has 1 unspecified atom stereocenters. The van der Waals surface area contributed by atoms with Gasteiger partial charge in [0, 0.05) is 22.1 Å². The number of benzene rings is 2. The van der Waals surface area contributed by atoms with Crippen molar-refractivity contribution < 1.29 is 13.9 Å². The van der Waals surface area contributed by atoms with Gasteiger partial charge in [-0.15, -0.1) is 0 Å². The van der Waals surface area contributed by atoms with Crippen LogP contribution < -0.4 is 0 Å². The highest BCUT2D eigenvalue weighted by molar-refractivity contribution is 9.10. The predicted octanol–water partition coefficient (Wildman–Crippen LogP) is 3.81. The Morgan fingerprint density at radius 2 is 2.08 bits per heavy atom. The fourth-order valence-corrected chi connectivity index (χ4v) is 3.80. The molecule has 124 valence electrons. The minimum atomic E-state index is -1.01. The third-order valence-electron chi connectivity index (χ3n) is 4.49. The van der Waals surface area contributed by atoms with Gasteiger partial charge in [0.1, 0.15) is 5.82 Å². The summed E-state index contributed by atoms with van der Waals surface area (Å²) in [4.78, 5) is 6.69. The molecule has 0 saturated carbocycles. The van der Waals surface area contributed by atoms with Crippen LogP contribution in [0.15, 0.2) is 51.9 Å². The fourth-order valence-electron chi connectivity index (χ4n) is 3.44. The summed E-state index contributed by atoms with van der Waals surface area (Å²) in [5.74, 6) is 0.290. The van der Waals surface area contributed by atoms with Crippen LogP contribution in [-0.4, -0.2) is 37.6 Å². The summed E-state index contributed by atoms with van der Waals surface area (Å²) in [6.45, 7) is 1.64. The van der Waals surface area contributed by atoms with E-state index in [0.717, 1.165) is 15.7 Å². The van der Waals surface area contributed by atoms with Crippen molar-refractivity contribution in [3.63, 3.8) is 0 Å². The molecule has 6 heteroatoms. The molecule has 2 aromatic rings. The predicted molar refractivity (Wildman–Crippen MR) is 93.0 cm³/mol. The number of nitrogens with zero attached hydrogens (tertiary/aromatic N) is 2. The second-order valence-corrected chi connectivity index (χ2v) is 6.68. The smallest absolute Gasteiger partial charge is 0.202 e. The van der Waals surface area contributed by atoms with Gasteiger partial charge in [0.05, 0.1) is 25.9 Å². The summed E-state index contributed by atoms with van der Waals surface area (Å²) >= 11 is 3.51. The van der Waals surface area contributed by atoms with Crippen LogP contribution in [0.3, 0.4) is 0 Å². The van der Waals surface area contributed by atoms with E-state index >= 15 is 0 Å². The Morgan fingerprint density at radius 3 is 2.88 bits per heavy atom. The van der Waals surface area contributed by atoms with E-state index in [0.29, 0.717) is 31.2 Å². The largest absolute Gasteiger partial charge is 0.483 e. The van der Waals surface area contributed by atoms with Crippen molar-refractivity contribution in [3.05, 3.63) is 63.9 Å². The highest BCUT2D eigenvalue weighted by Gasteiger charge is 2.50. The van der Waals surface area contributed by atoms with Crippen LogP contribution in [0, 0.1) is 5.82 Å². The molecule has 4 nitrogen and oxygen atoms in total. The van der Waals surface area contributed by atoms with Crippen LogP contribution >= 0.6 is 15.9 Å². The zero-order valence-corrected chi connectivity index (χ0v) is 14.7. The first-order chi connectivity index (χ1) is 11.6. The molecule has 4 rings (SSSR count). The zero-order valence-electron chi connectivity index (χ0n) is 13.1. The number of hydrogen-bond donors (Lipinski definition) is 0. The monoisotopic (exact) mass is 390 g/mol. The van der Waals surface area contributed by atoms with Crippen molar-refractivity contribution in [2.24, 2.45) is 4.99 Å². The summed E-state index contributed by atoms with van der Waals surface area (Å²) < 4.78 is 27.2. The van der Waals surface area contributed by atoms with Crippen molar-refractivity contribution in [2.45, 2.75) is 5.72 Å². The first-order valence-electron chi connectivity index (χ1n) is 7.71. The van der Waals surface area contributed by atoms with E-state index in [2.05, 4.69) is 25.8 Å². The Kier molecular flexibility index (Phi) is 3.90. The lowest BCUT2D eigenvalue weighted by atomic mass is 9.91. The number of ether oxygens (including phenoxy) is 2. The van der Waals surface area contributed by atoms with E-state index in [-0.39, 0.29) is 5.82 Å². The van der Waals surface area contributed by atoms with Gasteiger partial charge in [0.2, 0.25) is 5.90 Å². The van der Waals surface area contributed by atoms with E-state index in [1.54, 1.807) is 19.2 Å². The molecule has 2 aliphatic rings. The summed E-state index contributed by atoms with van der Waals surface area (Å²) in [7, 11) is 1.60. The number of fused-ring (bicyclic) bond motifs is 3. The van der Waals surface area contributed by atoms with Crippen molar-refractivity contribution >= 4 is 27.5 Å². The van der Waals surface area contributed by atoms with Crippen LogP contribution in [0.25, 0.3) is 0 Å². The van der Waals surface area contributed by atoms with Gasteiger partial charge in [-0.2, -0.15) is 0 Å². The molecule has 2 aromatic carbocycles. The Labute approximate surface area is 148 Å². The third kappa shape index (κ3) is 2.29. The Balaban J connectivity index is 2.03. The number of hydrogen-bond acceptors (Lipinski definition) is 4. The molecule has 0 N–H and O–H groups in total. The molecule has 1 atom stereocenters. The average Bonchev–Trinajstić information content (AvgIpc) is 2.95. The standard InChI is InChI=1S/C18H16BrFN2O2/c1-23-17-11-22-8-9-24-18(22,13-4-2-3-5-15(13)20)14-10-12(19)6-7-16(14)21-17/h2-7,10H,8-9,11H2,1H3. The SMILES string of the molecule is COC1=Nc2ccc(Br)cc2C2(c3ccccc3F)OCCN2C1. The highest BCUT2D eigenvalue weighted by atomic mass is 79.9. The number of halogens is 2. The van der Waals surface area contributed by atoms with Crippen LogP contribution in [0.1, 0.15) is 11.1 Å².